The van der Waals surface area contributed by atoms with Crippen molar-refractivity contribution in [2.45, 2.75) is 52.1 Å². The molecule has 3 rings (SSSR count). The molecule has 0 aliphatic heterocycles. The number of hydrogen-bond donors (Lipinski definition) is 1. The van der Waals surface area contributed by atoms with Crippen LogP contribution in [0.5, 0.6) is 5.75 Å². The van der Waals surface area contributed by atoms with Crippen molar-refractivity contribution in [3.05, 3.63) is 89.5 Å². The number of carbonyl (C=O) groups is 2. The quantitative estimate of drug-likeness (QED) is 0.344. The first kappa shape index (κ1) is 30.7. The Hall–Kier alpha value is -3.85. The highest BCUT2D eigenvalue weighted by molar-refractivity contribution is 7.92. The van der Waals surface area contributed by atoms with E-state index in [9.17, 15) is 18.0 Å². The maximum Gasteiger partial charge on any atom is 0.264 e. The van der Waals surface area contributed by atoms with Crippen LogP contribution in [-0.4, -0.2) is 51.4 Å². The fourth-order valence-corrected chi connectivity index (χ4v) is 5.45. The van der Waals surface area contributed by atoms with E-state index >= 15 is 0 Å². The first-order chi connectivity index (χ1) is 18.9. The summed E-state index contributed by atoms with van der Waals surface area (Å²) in [7, 11) is -2.63. The molecular weight excluding hydrogens is 526 g/mol. The van der Waals surface area contributed by atoms with Gasteiger partial charge in [-0.2, -0.15) is 0 Å². The summed E-state index contributed by atoms with van der Waals surface area (Å²) in [6.07, 6.45) is 0. The number of hydrogen-bond acceptors (Lipinski definition) is 5. The van der Waals surface area contributed by atoms with E-state index in [1.165, 1.54) is 24.1 Å². The minimum atomic E-state index is -4.14. The smallest absolute Gasteiger partial charge is 0.264 e. The average molecular weight is 566 g/mol. The van der Waals surface area contributed by atoms with Crippen LogP contribution >= 0.6 is 0 Å². The van der Waals surface area contributed by atoms with E-state index in [0.717, 1.165) is 21.0 Å². The van der Waals surface area contributed by atoms with E-state index in [2.05, 4.69) is 5.32 Å². The lowest BCUT2D eigenvalue weighted by molar-refractivity contribution is -0.139. The molecule has 0 aliphatic rings. The summed E-state index contributed by atoms with van der Waals surface area (Å²) in [6, 6.07) is 19.8. The molecule has 8 nitrogen and oxygen atoms in total. The van der Waals surface area contributed by atoms with Gasteiger partial charge in [0.1, 0.15) is 18.3 Å². The minimum absolute atomic E-state index is 0.0227. The van der Waals surface area contributed by atoms with Crippen molar-refractivity contribution < 1.29 is 22.7 Å². The summed E-state index contributed by atoms with van der Waals surface area (Å²) in [4.78, 5) is 28.5. The maximum absolute atomic E-state index is 13.9. The Labute approximate surface area is 238 Å². The van der Waals surface area contributed by atoms with Crippen LogP contribution < -0.4 is 14.4 Å². The fraction of sp³-hybridized carbons (Fsp3) is 0.355. The van der Waals surface area contributed by atoms with Gasteiger partial charge in [0.2, 0.25) is 11.8 Å². The molecule has 9 heteroatoms. The minimum Gasteiger partial charge on any atom is -0.497 e. The molecule has 1 atom stereocenters. The lowest BCUT2D eigenvalue weighted by Crippen LogP contribution is -2.51. The first-order valence-corrected chi connectivity index (χ1v) is 14.7. The number of anilines is 1. The van der Waals surface area contributed by atoms with Crippen molar-refractivity contribution in [3.8, 4) is 5.75 Å². The number of rotatable bonds is 12. The standard InChI is InChI=1S/C31H39N3O5S/c1-22(2)19-32-31(36)25(5)33(20-26-11-7-23(3)8-12-26)30(35)21-34(27-13-9-24(4)10-14-27)40(37,38)29-17-15-28(39-6)16-18-29/h7-18,22,25H,19-21H2,1-6H3,(H,32,36)/t25-/m1/s1. The van der Waals surface area contributed by atoms with Gasteiger partial charge < -0.3 is 15.0 Å². The van der Waals surface area contributed by atoms with E-state index in [4.69, 9.17) is 4.74 Å². The molecule has 40 heavy (non-hydrogen) atoms. The maximum atomic E-state index is 13.9. The third kappa shape index (κ3) is 7.85. The fourth-order valence-electron chi connectivity index (χ4n) is 4.04. The Morgan fingerprint density at radius 1 is 0.850 bits per heavy atom. The number of ether oxygens (including phenoxy) is 1. The summed E-state index contributed by atoms with van der Waals surface area (Å²) < 4.78 is 34.0. The Morgan fingerprint density at radius 3 is 1.93 bits per heavy atom. The number of carbonyl (C=O) groups excluding carboxylic acids is 2. The molecule has 3 aromatic carbocycles. The van der Waals surface area contributed by atoms with Crippen LogP contribution in [0.15, 0.2) is 77.7 Å². The summed E-state index contributed by atoms with van der Waals surface area (Å²) in [5.41, 5.74) is 3.21. The molecule has 0 unspecified atom stereocenters. The van der Waals surface area contributed by atoms with Gasteiger partial charge in [-0.1, -0.05) is 61.4 Å². The molecule has 0 saturated heterocycles. The summed E-state index contributed by atoms with van der Waals surface area (Å²) in [5, 5.41) is 2.89. The van der Waals surface area contributed by atoms with Gasteiger partial charge >= 0.3 is 0 Å². The topological polar surface area (TPSA) is 96.0 Å². The van der Waals surface area contributed by atoms with E-state index in [1.54, 1.807) is 43.3 Å². The molecule has 0 heterocycles. The highest BCUT2D eigenvalue weighted by atomic mass is 32.2. The van der Waals surface area contributed by atoms with Crippen molar-refractivity contribution in [2.24, 2.45) is 5.92 Å². The van der Waals surface area contributed by atoms with Gasteiger partial charge in [0.25, 0.3) is 10.0 Å². The zero-order valence-electron chi connectivity index (χ0n) is 24.0. The normalized spacial score (nSPS) is 12.1. The lowest BCUT2D eigenvalue weighted by atomic mass is 10.1. The zero-order chi connectivity index (χ0) is 29.4. The Bertz CT molecular complexity index is 1390. The molecule has 2 amide bonds. The molecular formula is C31H39N3O5S. The Kier molecular flexibility index (Phi) is 10.3. The van der Waals surface area contributed by atoms with Crippen LogP contribution in [-0.2, 0) is 26.2 Å². The van der Waals surface area contributed by atoms with Crippen LogP contribution in [0.4, 0.5) is 5.69 Å². The van der Waals surface area contributed by atoms with Crippen molar-refractivity contribution >= 4 is 27.5 Å². The number of aryl methyl sites for hydroxylation is 2. The highest BCUT2D eigenvalue weighted by Crippen LogP contribution is 2.26. The number of nitrogens with zero attached hydrogens (tertiary/aromatic N) is 2. The number of sulfonamides is 1. The second-order valence-corrected chi connectivity index (χ2v) is 12.2. The highest BCUT2D eigenvalue weighted by Gasteiger charge is 2.32. The van der Waals surface area contributed by atoms with Crippen LogP contribution in [0.3, 0.4) is 0 Å². The molecule has 0 spiro atoms. The van der Waals surface area contributed by atoms with Gasteiger partial charge in [0.15, 0.2) is 0 Å². The predicted octanol–water partition coefficient (Wildman–Crippen LogP) is 4.70. The van der Waals surface area contributed by atoms with Crippen molar-refractivity contribution in [1.29, 1.82) is 0 Å². The van der Waals surface area contributed by atoms with Gasteiger partial charge in [0.05, 0.1) is 17.7 Å². The van der Waals surface area contributed by atoms with E-state index in [1.807, 2.05) is 52.0 Å². The molecule has 0 saturated carbocycles. The lowest BCUT2D eigenvalue weighted by Gasteiger charge is -2.32. The number of benzene rings is 3. The van der Waals surface area contributed by atoms with E-state index in [-0.39, 0.29) is 23.3 Å². The molecule has 0 bridgehead atoms. The predicted molar refractivity (Wildman–Crippen MR) is 158 cm³/mol. The largest absolute Gasteiger partial charge is 0.497 e. The summed E-state index contributed by atoms with van der Waals surface area (Å²) in [5.74, 6) is -0.0361. The molecule has 3 aromatic rings. The SMILES string of the molecule is COc1ccc(S(=O)(=O)N(CC(=O)N(Cc2ccc(C)cc2)[C@H](C)C(=O)NCC(C)C)c2ccc(C)cc2)cc1. The summed E-state index contributed by atoms with van der Waals surface area (Å²) >= 11 is 0. The molecule has 1 N–H and O–H groups in total. The van der Waals surface area contributed by atoms with Crippen LogP contribution in [0.25, 0.3) is 0 Å². The second-order valence-electron chi connectivity index (χ2n) is 10.3. The first-order valence-electron chi connectivity index (χ1n) is 13.3. The van der Waals surface area contributed by atoms with Gasteiger partial charge in [0, 0.05) is 13.1 Å². The molecule has 0 radical (unpaired) electrons. The van der Waals surface area contributed by atoms with Gasteiger partial charge in [-0.3, -0.25) is 13.9 Å². The van der Waals surface area contributed by atoms with Crippen molar-refractivity contribution in [2.75, 3.05) is 24.5 Å². The van der Waals surface area contributed by atoms with Crippen LogP contribution in [0.1, 0.15) is 37.5 Å². The number of nitrogens with one attached hydrogen (secondary N) is 1. The van der Waals surface area contributed by atoms with Crippen LogP contribution in [0.2, 0.25) is 0 Å². The monoisotopic (exact) mass is 565 g/mol. The molecule has 0 aliphatic carbocycles. The third-order valence-electron chi connectivity index (χ3n) is 6.57. The van der Waals surface area contributed by atoms with E-state index < -0.39 is 28.5 Å². The number of amides is 2. The Morgan fingerprint density at radius 2 is 1.40 bits per heavy atom. The average Bonchev–Trinajstić information content (AvgIpc) is 2.94. The molecule has 214 valence electrons. The van der Waals surface area contributed by atoms with Crippen molar-refractivity contribution in [1.82, 2.24) is 10.2 Å². The van der Waals surface area contributed by atoms with Gasteiger partial charge in [-0.25, -0.2) is 8.42 Å². The zero-order valence-corrected chi connectivity index (χ0v) is 24.9. The molecule has 0 aromatic heterocycles. The third-order valence-corrected chi connectivity index (χ3v) is 8.36. The number of methoxy groups -OCH3 is 1. The van der Waals surface area contributed by atoms with Crippen molar-refractivity contribution in [3.63, 3.8) is 0 Å². The van der Waals surface area contributed by atoms with Gasteiger partial charge in [-0.15, -0.1) is 0 Å². The second kappa shape index (κ2) is 13.5. The van der Waals surface area contributed by atoms with Gasteiger partial charge in [-0.05, 0) is 68.7 Å². The van der Waals surface area contributed by atoms with E-state index in [0.29, 0.717) is 18.0 Å². The molecule has 0 fully saturated rings. The Balaban J connectivity index is 2.00. The summed E-state index contributed by atoms with van der Waals surface area (Å²) in [6.45, 7) is 9.65. The van der Waals surface area contributed by atoms with Crippen LogP contribution in [0, 0.1) is 19.8 Å².